The lowest BCUT2D eigenvalue weighted by Gasteiger charge is -2.20. The van der Waals surface area contributed by atoms with Gasteiger partial charge in [-0.15, -0.1) is 0 Å². The van der Waals surface area contributed by atoms with Gasteiger partial charge in [-0.25, -0.2) is 0 Å². The molecule has 0 saturated carbocycles. The Bertz CT molecular complexity index is 954. The number of carbonyl (C=O) groups is 1. The second kappa shape index (κ2) is 8.47. The topological polar surface area (TPSA) is 77.2 Å². The van der Waals surface area contributed by atoms with Crippen molar-refractivity contribution in [1.29, 1.82) is 0 Å². The summed E-state index contributed by atoms with van der Waals surface area (Å²) >= 11 is 0. The van der Waals surface area contributed by atoms with Crippen molar-refractivity contribution >= 4 is 5.91 Å². The monoisotopic (exact) mass is 393 g/mol. The predicted molar refractivity (Wildman–Crippen MR) is 112 cm³/mol. The molecule has 3 rings (SSSR count). The molecule has 3 aromatic rings. The largest absolute Gasteiger partial charge is 0.481 e. The molecule has 2 aromatic carbocycles. The third-order valence-corrected chi connectivity index (χ3v) is 4.59. The fraction of sp³-hybridized carbons (Fsp3) is 0.348. The van der Waals surface area contributed by atoms with Crippen molar-refractivity contribution in [3.63, 3.8) is 0 Å². The average molecular weight is 393 g/mol. The Morgan fingerprint density at radius 3 is 2.38 bits per heavy atom. The number of ether oxygens (including phenoxy) is 1. The van der Waals surface area contributed by atoms with Crippen LogP contribution in [0.5, 0.6) is 5.75 Å². The van der Waals surface area contributed by atoms with Crippen molar-refractivity contribution in [2.75, 3.05) is 0 Å². The van der Waals surface area contributed by atoms with E-state index in [-0.39, 0.29) is 17.9 Å². The molecule has 152 valence electrons. The van der Waals surface area contributed by atoms with Crippen molar-refractivity contribution in [3.8, 4) is 17.1 Å². The molecule has 29 heavy (non-hydrogen) atoms. The lowest BCUT2D eigenvalue weighted by molar-refractivity contribution is -0.127. The van der Waals surface area contributed by atoms with E-state index in [1.807, 2.05) is 55.5 Å². The highest BCUT2D eigenvalue weighted by Crippen LogP contribution is 2.24. The average Bonchev–Trinajstić information content (AvgIpc) is 3.15. The maximum absolute atomic E-state index is 12.3. The van der Waals surface area contributed by atoms with E-state index in [0.717, 1.165) is 11.1 Å². The molecule has 1 N–H and O–H groups in total. The van der Waals surface area contributed by atoms with Crippen LogP contribution in [0.3, 0.4) is 0 Å². The van der Waals surface area contributed by atoms with Crippen LogP contribution in [-0.2, 0) is 16.8 Å². The summed E-state index contributed by atoms with van der Waals surface area (Å²) in [7, 11) is 0. The van der Waals surface area contributed by atoms with Gasteiger partial charge in [-0.3, -0.25) is 4.79 Å². The number of aryl methyl sites for hydroxylation is 1. The molecule has 1 heterocycles. The minimum Gasteiger partial charge on any atom is -0.481 e. The Kier molecular flexibility index (Phi) is 6.01. The quantitative estimate of drug-likeness (QED) is 0.670. The molecule has 0 unspecified atom stereocenters. The van der Waals surface area contributed by atoms with E-state index in [2.05, 4.69) is 36.2 Å². The standard InChI is InChI=1S/C23H27N3O3/c1-15-6-8-17(9-7-15)21-25-20(29-26-21)14-24-22(27)16(2)28-19-12-10-18(11-13-19)23(3,4)5/h6-13,16H,14H2,1-5H3,(H,24,27)/t16-/m0/s1. The van der Waals surface area contributed by atoms with Gasteiger partial charge in [-0.05, 0) is 37.0 Å². The Balaban J connectivity index is 1.53. The number of nitrogens with one attached hydrogen (secondary N) is 1. The molecule has 6 heteroatoms. The molecule has 0 aliphatic carbocycles. The summed E-state index contributed by atoms with van der Waals surface area (Å²) in [4.78, 5) is 16.7. The second-order valence-corrected chi connectivity index (χ2v) is 8.13. The highest BCUT2D eigenvalue weighted by atomic mass is 16.5. The summed E-state index contributed by atoms with van der Waals surface area (Å²) in [6.07, 6.45) is -0.644. The van der Waals surface area contributed by atoms with Gasteiger partial charge in [0, 0.05) is 5.56 Å². The number of carbonyl (C=O) groups excluding carboxylic acids is 1. The van der Waals surface area contributed by atoms with E-state index >= 15 is 0 Å². The van der Waals surface area contributed by atoms with Crippen LogP contribution in [0.15, 0.2) is 53.1 Å². The van der Waals surface area contributed by atoms with Gasteiger partial charge >= 0.3 is 0 Å². The summed E-state index contributed by atoms with van der Waals surface area (Å²) in [6, 6.07) is 15.6. The normalized spacial score (nSPS) is 12.4. The van der Waals surface area contributed by atoms with Gasteiger partial charge in [0.05, 0.1) is 6.54 Å². The fourth-order valence-electron chi connectivity index (χ4n) is 2.74. The maximum atomic E-state index is 12.3. The van der Waals surface area contributed by atoms with Gasteiger partial charge < -0.3 is 14.6 Å². The number of benzene rings is 2. The van der Waals surface area contributed by atoms with E-state index in [4.69, 9.17) is 9.26 Å². The molecular weight excluding hydrogens is 366 g/mol. The summed E-state index contributed by atoms with van der Waals surface area (Å²) in [5, 5.41) is 6.73. The highest BCUT2D eigenvalue weighted by molar-refractivity contribution is 5.80. The first-order chi connectivity index (χ1) is 13.7. The summed E-state index contributed by atoms with van der Waals surface area (Å²) < 4.78 is 11.0. The molecule has 1 amide bonds. The molecule has 1 aromatic heterocycles. The van der Waals surface area contributed by atoms with Crippen molar-refractivity contribution in [1.82, 2.24) is 15.5 Å². The number of aromatic nitrogens is 2. The molecule has 0 aliphatic rings. The highest BCUT2D eigenvalue weighted by Gasteiger charge is 2.17. The van der Waals surface area contributed by atoms with Gasteiger partial charge in [0.15, 0.2) is 6.10 Å². The molecular formula is C23H27N3O3. The minimum atomic E-state index is -0.644. The lowest BCUT2D eigenvalue weighted by Crippen LogP contribution is -2.36. The van der Waals surface area contributed by atoms with Crippen LogP contribution < -0.4 is 10.1 Å². The lowest BCUT2D eigenvalue weighted by atomic mass is 9.87. The number of amides is 1. The molecule has 0 aliphatic heterocycles. The second-order valence-electron chi connectivity index (χ2n) is 8.13. The molecule has 1 atom stereocenters. The van der Waals surface area contributed by atoms with Crippen LogP contribution in [0.1, 0.15) is 44.7 Å². The van der Waals surface area contributed by atoms with Crippen LogP contribution in [0.25, 0.3) is 11.4 Å². The molecule has 0 radical (unpaired) electrons. The van der Waals surface area contributed by atoms with Gasteiger partial charge in [-0.2, -0.15) is 4.98 Å². The number of hydrogen-bond acceptors (Lipinski definition) is 5. The Morgan fingerprint density at radius 2 is 1.76 bits per heavy atom. The third-order valence-electron chi connectivity index (χ3n) is 4.59. The van der Waals surface area contributed by atoms with Gasteiger partial charge in [0.25, 0.3) is 5.91 Å². The smallest absolute Gasteiger partial charge is 0.261 e. The molecule has 0 bridgehead atoms. The van der Waals surface area contributed by atoms with Gasteiger partial charge in [-0.1, -0.05) is 67.9 Å². The SMILES string of the molecule is Cc1ccc(-c2noc(CNC(=O)[C@H](C)Oc3ccc(C(C)(C)C)cc3)n2)cc1. The molecule has 6 nitrogen and oxygen atoms in total. The molecule has 0 spiro atoms. The zero-order chi connectivity index (χ0) is 21.0. The van der Waals surface area contributed by atoms with Crippen molar-refractivity contribution in [2.24, 2.45) is 0 Å². The zero-order valence-electron chi connectivity index (χ0n) is 17.5. The number of hydrogen-bond donors (Lipinski definition) is 1. The Hall–Kier alpha value is -3.15. The number of nitrogens with zero attached hydrogens (tertiary/aromatic N) is 2. The van der Waals surface area contributed by atoms with Crippen molar-refractivity contribution < 1.29 is 14.1 Å². The summed E-state index contributed by atoms with van der Waals surface area (Å²) in [6.45, 7) is 10.3. The summed E-state index contributed by atoms with van der Waals surface area (Å²) in [5.74, 6) is 1.24. The van der Waals surface area contributed by atoms with Crippen LogP contribution in [0, 0.1) is 6.92 Å². The van der Waals surface area contributed by atoms with E-state index in [1.165, 1.54) is 5.56 Å². The predicted octanol–water partition coefficient (Wildman–Crippen LogP) is 4.43. The van der Waals surface area contributed by atoms with Crippen LogP contribution >= 0.6 is 0 Å². The first kappa shape index (κ1) is 20.6. The third kappa shape index (κ3) is 5.44. The zero-order valence-corrected chi connectivity index (χ0v) is 17.5. The molecule has 0 saturated heterocycles. The van der Waals surface area contributed by atoms with Crippen molar-refractivity contribution in [2.45, 2.75) is 52.7 Å². The van der Waals surface area contributed by atoms with Gasteiger partial charge in [0.1, 0.15) is 5.75 Å². The van der Waals surface area contributed by atoms with E-state index in [1.54, 1.807) is 6.92 Å². The van der Waals surface area contributed by atoms with E-state index in [0.29, 0.717) is 17.5 Å². The van der Waals surface area contributed by atoms with Crippen LogP contribution in [0.2, 0.25) is 0 Å². The molecule has 0 fully saturated rings. The minimum absolute atomic E-state index is 0.0725. The Labute approximate surface area is 171 Å². The summed E-state index contributed by atoms with van der Waals surface area (Å²) in [5.41, 5.74) is 3.31. The van der Waals surface area contributed by atoms with Crippen LogP contribution in [-0.4, -0.2) is 22.2 Å². The van der Waals surface area contributed by atoms with E-state index < -0.39 is 6.10 Å². The van der Waals surface area contributed by atoms with Crippen molar-refractivity contribution in [3.05, 3.63) is 65.5 Å². The maximum Gasteiger partial charge on any atom is 0.261 e. The fourth-order valence-corrected chi connectivity index (χ4v) is 2.74. The van der Waals surface area contributed by atoms with Gasteiger partial charge in [0.2, 0.25) is 11.7 Å². The van der Waals surface area contributed by atoms with E-state index in [9.17, 15) is 4.79 Å². The number of rotatable bonds is 6. The first-order valence-corrected chi connectivity index (χ1v) is 9.67. The Morgan fingerprint density at radius 1 is 1.10 bits per heavy atom. The first-order valence-electron chi connectivity index (χ1n) is 9.67. The van der Waals surface area contributed by atoms with Crippen LogP contribution in [0.4, 0.5) is 0 Å².